The summed E-state index contributed by atoms with van der Waals surface area (Å²) in [6.07, 6.45) is -5.66. The number of hydrogen-bond acceptors (Lipinski definition) is 2. The molecule has 0 radical (unpaired) electrons. The van der Waals surface area contributed by atoms with Crippen molar-refractivity contribution in [3.8, 4) is 11.1 Å². The standard InChI is InChI=1S/C26H29F5N2S/c1-24(2,3)15-33-14-19(22(23(27)28)32-34-25(4,5)6)18-12-11-16(13-21(18)33)17-9-7-8-10-20(17)26(29,30)31/h7-14,23H,15H2,1-6H3/b32-22+. The maximum Gasteiger partial charge on any atom is 0.417 e. The summed E-state index contributed by atoms with van der Waals surface area (Å²) in [5.41, 5.74) is 0.0507. The van der Waals surface area contributed by atoms with E-state index < -0.39 is 18.2 Å². The molecule has 3 rings (SSSR count). The number of alkyl halides is 5. The van der Waals surface area contributed by atoms with Crippen molar-refractivity contribution >= 4 is 28.6 Å². The Hall–Kier alpha value is -2.35. The van der Waals surface area contributed by atoms with E-state index in [0.29, 0.717) is 28.6 Å². The molecule has 34 heavy (non-hydrogen) atoms. The van der Waals surface area contributed by atoms with Crippen LogP contribution in [0.3, 0.4) is 0 Å². The van der Waals surface area contributed by atoms with Gasteiger partial charge in [0.15, 0.2) is 0 Å². The van der Waals surface area contributed by atoms with Gasteiger partial charge in [-0.2, -0.15) is 13.2 Å². The van der Waals surface area contributed by atoms with Gasteiger partial charge < -0.3 is 4.57 Å². The van der Waals surface area contributed by atoms with Gasteiger partial charge >= 0.3 is 6.18 Å². The van der Waals surface area contributed by atoms with Crippen molar-refractivity contribution in [3.05, 3.63) is 59.8 Å². The highest BCUT2D eigenvalue weighted by Gasteiger charge is 2.33. The Morgan fingerprint density at radius 2 is 1.62 bits per heavy atom. The first kappa shape index (κ1) is 26.3. The zero-order valence-electron chi connectivity index (χ0n) is 20.1. The molecule has 0 amide bonds. The lowest BCUT2D eigenvalue weighted by Gasteiger charge is -2.20. The van der Waals surface area contributed by atoms with Gasteiger partial charge in [-0.3, -0.25) is 0 Å². The molecule has 0 aliphatic heterocycles. The summed E-state index contributed by atoms with van der Waals surface area (Å²) in [5.74, 6) is 0. The fourth-order valence-corrected chi connectivity index (χ4v) is 4.23. The molecule has 0 unspecified atom stereocenters. The summed E-state index contributed by atoms with van der Waals surface area (Å²) in [7, 11) is 0. The Morgan fingerprint density at radius 3 is 2.18 bits per heavy atom. The van der Waals surface area contributed by atoms with E-state index in [4.69, 9.17) is 0 Å². The predicted molar refractivity (Wildman–Crippen MR) is 132 cm³/mol. The number of hydrogen-bond donors (Lipinski definition) is 0. The Morgan fingerprint density at radius 1 is 0.971 bits per heavy atom. The van der Waals surface area contributed by atoms with Crippen molar-refractivity contribution in [1.29, 1.82) is 0 Å². The fourth-order valence-electron chi connectivity index (χ4n) is 3.68. The van der Waals surface area contributed by atoms with Crippen molar-refractivity contribution in [2.24, 2.45) is 9.81 Å². The van der Waals surface area contributed by atoms with Gasteiger partial charge in [-0.15, -0.1) is 0 Å². The van der Waals surface area contributed by atoms with E-state index >= 15 is 0 Å². The van der Waals surface area contributed by atoms with Crippen LogP contribution in [0.5, 0.6) is 0 Å². The molecule has 0 saturated carbocycles. The van der Waals surface area contributed by atoms with Crippen molar-refractivity contribution in [2.75, 3.05) is 0 Å². The number of rotatable bonds is 5. The van der Waals surface area contributed by atoms with Gasteiger partial charge in [-0.1, -0.05) is 51.1 Å². The van der Waals surface area contributed by atoms with Crippen molar-refractivity contribution in [3.63, 3.8) is 0 Å². The van der Waals surface area contributed by atoms with Crippen molar-refractivity contribution in [1.82, 2.24) is 4.57 Å². The average molecular weight is 497 g/mol. The second kappa shape index (κ2) is 9.36. The fraction of sp³-hybridized carbons (Fsp3) is 0.423. The molecule has 0 atom stereocenters. The van der Waals surface area contributed by atoms with Crippen LogP contribution in [0, 0.1) is 5.41 Å². The first-order chi connectivity index (χ1) is 15.6. The first-order valence-corrected chi connectivity index (χ1v) is 11.7. The minimum atomic E-state index is -4.51. The van der Waals surface area contributed by atoms with Crippen molar-refractivity contribution < 1.29 is 22.0 Å². The Balaban J connectivity index is 2.26. The molecule has 0 bridgehead atoms. The van der Waals surface area contributed by atoms with Gasteiger partial charge in [0.1, 0.15) is 5.71 Å². The summed E-state index contributed by atoms with van der Waals surface area (Å²) in [6, 6.07) is 10.2. The number of nitrogens with zero attached hydrogens (tertiary/aromatic N) is 2. The van der Waals surface area contributed by atoms with E-state index in [1.54, 1.807) is 30.5 Å². The second-order valence-corrected chi connectivity index (χ2v) is 12.1. The number of aromatic nitrogens is 1. The summed E-state index contributed by atoms with van der Waals surface area (Å²) in [4.78, 5) is 0. The molecular weight excluding hydrogens is 467 g/mol. The molecule has 1 aromatic heterocycles. The van der Waals surface area contributed by atoms with E-state index in [1.165, 1.54) is 12.1 Å². The Bertz CT molecular complexity index is 1190. The van der Waals surface area contributed by atoms with Crippen LogP contribution in [0.2, 0.25) is 0 Å². The summed E-state index contributed by atoms with van der Waals surface area (Å²) < 4.78 is 74.7. The zero-order chi connectivity index (χ0) is 25.5. The second-order valence-electron chi connectivity index (χ2n) is 10.5. The molecule has 0 fully saturated rings. The molecule has 0 saturated heterocycles. The van der Waals surface area contributed by atoms with E-state index in [-0.39, 0.29) is 21.4 Å². The number of fused-ring (bicyclic) bond motifs is 1. The van der Waals surface area contributed by atoms with Crippen LogP contribution in [0.25, 0.3) is 22.0 Å². The third kappa shape index (κ3) is 6.20. The molecule has 2 aromatic carbocycles. The van der Waals surface area contributed by atoms with Gasteiger partial charge in [0.2, 0.25) is 0 Å². The molecule has 0 aliphatic carbocycles. The van der Waals surface area contributed by atoms with E-state index in [0.717, 1.165) is 18.0 Å². The quantitative estimate of drug-likeness (QED) is 0.196. The molecule has 3 aromatic rings. The molecule has 0 aliphatic rings. The minimum absolute atomic E-state index is 0.0491. The maximum atomic E-state index is 14.1. The highest BCUT2D eigenvalue weighted by Crippen LogP contribution is 2.39. The first-order valence-electron chi connectivity index (χ1n) is 10.9. The van der Waals surface area contributed by atoms with Crippen LogP contribution in [0.4, 0.5) is 22.0 Å². The third-order valence-corrected chi connectivity index (χ3v) is 5.81. The van der Waals surface area contributed by atoms with Gasteiger partial charge in [-0.05, 0) is 61.4 Å². The molecule has 0 N–H and O–H groups in total. The Kier molecular flexibility index (Phi) is 7.23. The summed E-state index contributed by atoms with van der Waals surface area (Å²) in [6.45, 7) is 12.2. The van der Waals surface area contributed by atoms with Crippen LogP contribution in [-0.4, -0.2) is 21.5 Å². The molecular formula is C26H29F5N2S. The largest absolute Gasteiger partial charge is 0.417 e. The summed E-state index contributed by atoms with van der Waals surface area (Å²) in [5, 5.41) is 0.533. The zero-order valence-corrected chi connectivity index (χ0v) is 20.9. The van der Waals surface area contributed by atoms with E-state index in [9.17, 15) is 22.0 Å². The highest BCUT2D eigenvalue weighted by molar-refractivity contribution is 7.99. The number of benzene rings is 2. The predicted octanol–water partition coefficient (Wildman–Crippen LogP) is 8.87. The lowest BCUT2D eigenvalue weighted by atomic mass is 9.96. The normalized spacial score (nSPS) is 13.8. The van der Waals surface area contributed by atoms with Crippen LogP contribution in [0.1, 0.15) is 52.7 Å². The summed E-state index contributed by atoms with van der Waals surface area (Å²) >= 11 is 1.07. The van der Waals surface area contributed by atoms with Crippen LogP contribution in [-0.2, 0) is 12.7 Å². The highest BCUT2D eigenvalue weighted by atomic mass is 32.2. The maximum absolute atomic E-state index is 14.1. The van der Waals surface area contributed by atoms with Gasteiger partial charge in [0, 0.05) is 34.0 Å². The molecule has 0 spiro atoms. The molecule has 8 heteroatoms. The third-order valence-electron chi connectivity index (χ3n) is 4.97. The van der Waals surface area contributed by atoms with E-state index in [1.807, 2.05) is 46.1 Å². The smallest absolute Gasteiger partial charge is 0.346 e. The number of halogens is 5. The molecule has 2 nitrogen and oxygen atoms in total. The minimum Gasteiger partial charge on any atom is -0.346 e. The topological polar surface area (TPSA) is 17.3 Å². The molecule has 184 valence electrons. The Labute approximate surface area is 201 Å². The van der Waals surface area contributed by atoms with Crippen LogP contribution < -0.4 is 0 Å². The van der Waals surface area contributed by atoms with Crippen LogP contribution in [0.15, 0.2) is 53.1 Å². The average Bonchev–Trinajstić information content (AvgIpc) is 3.02. The van der Waals surface area contributed by atoms with E-state index in [2.05, 4.69) is 4.40 Å². The van der Waals surface area contributed by atoms with Gasteiger partial charge in [0.05, 0.1) is 5.56 Å². The van der Waals surface area contributed by atoms with Crippen molar-refractivity contribution in [2.45, 2.75) is 65.4 Å². The lowest BCUT2D eigenvalue weighted by molar-refractivity contribution is -0.137. The van der Waals surface area contributed by atoms with Gasteiger partial charge in [0.25, 0.3) is 6.43 Å². The monoisotopic (exact) mass is 496 g/mol. The lowest BCUT2D eigenvalue weighted by Crippen LogP contribution is -2.15. The molecule has 1 heterocycles. The SMILES string of the molecule is CC(C)(C)Cn1cc(/C(=N\SC(C)(C)C)C(F)F)c2ccc(-c3ccccc3C(F)(F)F)cc21. The van der Waals surface area contributed by atoms with Crippen LogP contribution >= 0.6 is 11.9 Å². The van der Waals surface area contributed by atoms with Gasteiger partial charge in [-0.25, -0.2) is 13.2 Å².